The summed E-state index contributed by atoms with van der Waals surface area (Å²) in [5.74, 6) is 1.14. The first-order chi connectivity index (χ1) is 14.7. The second kappa shape index (κ2) is 10.0. The number of nitrogens with one attached hydrogen (secondary N) is 3. The number of aliphatic hydroxyl groups is 1. The number of amides is 1. The van der Waals surface area contributed by atoms with Gasteiger partial charge in [0.1, 0.15) is 5.82 Å². The summed E-state index contributed by atoms with van der Waals surface area (Å²) in [7, 11) is 0. The van der Waals surface area contributed by atoms with Gasteiger partial charge in [-0.05, 0) is 48.4 Å². The molecule has 1 amide bonds. The number of aliphatic hydroxyl groups excluding tert-OH is 1. The van der Waals surface area contributed by atoms with Gasteiger partial charge in [0.2, 0.25) is 0 Å². The van der Waals surface area contributed by atoms with Crippen molar-refractivity contribution in [3.63, 3.8) is 0 Å². The van der Waals surface area contributed by atoms with E-state index in [4.69, 9.17) is 4.74 Å². The molecule has 2 aliphatic rings. The molecule has 1 saturated heterocycles. The van der Waals surface area contributed by atoms with Crippen molar-refractivity contribution >= 4 is 11.7 Å². The van der Waals surface area contributed by atoms with Gasteiger partial charge in [0.25, 0.3) is 5.91 Å². The predicted molar refractivity (Wildman–Crippen MR) is 115 cm³/mol. The van der Waals surface area contributed by atoms with Crippen molar-refractivity contribution in [3.8, 4) is 0 Å². The maximum Gasteiger partial charge on any atom is 0.252 e. The van der Waals surface area contributed by atoms with E-state index in [0.717, 1.165) is 51.4 Å². The molecule has 1 aromatic carbocycles. The number of pyridine rings is 1. The Morgan fingerprint density at radius 3 is 2.77 bits per heavy atom. The summed E-state index contributed by atoms with van der Waals surface area (Å²) >= 11 is 0. The Kier molecular flexibility index (Phi) is 6.94. The van der Waals surface area contributed by atoms with Crippen molar-refractivity contribution < 1.29 is 14.6 Å². The molecule has 0 radical (unpaired) electrons. The van der Waals surface area contributed by atoms with Gasteiger partial charge < -0.3 is 25.8 Å². The maximum absolute atomic E-state index is 12.4. The van der Waals surface area contributed by atoms with Crippen molar-refractivity contribution in [2.24, 2.45) is 5.92 Å². The molecule has 4 rings (SSSR count). The van der Waals surface area contributed by atoms with E-state index >= 15 is 0 Å². The quantitative estimate of drug-likeness (QED) is 0.555. The molecular formula is C23H30N4O3. The van der Waals surface area contributed by atoms with E-state index in [1.165, 1.54) is 11.1 Å². The lowest BCUT2D eigenvalue weighted by molar-refractivity contribution is 0.0699. The number of benzene rings is 1. The SMILES string of the molecule is O=C(NC[C@@H](O)[C@@H]1Cc2ccccc2CN1)c1ccc(NCC2CCOCC2)nc1. The molecule has 30 heavy (non-hydrogen) atoms. The van der Waals surface area contributed by atoms with Gasteiger partial charge in [-0.3, -0.25) is 4.79 Å². The Balaban J connectivity index is 1.23. The van der Waals surface area contributed by atoms with E-state index in [-0.39, 0.29) is 18.5 Å². The number of anilines is 1. The Morgan fingerprint density at radius 2 is 2.00 bits per heavy atom. The highest BCUT2D eigenvalue weighted by atomic mass is 16.5. The molecule has 7 heteroatoms. The van der Waals surface area contributed by atoms with E-state index < -0.39 is 6.10 Å². The van der Waals surface area contributed by atoms with E-state index in [1.807, 2.05) is 18.2 Å². The molecule has 4 N–H and O–H groups in total. The summed E-state index contributed by atoms with van der Waals surface area (Å²) in [4.78, 5) is 16.8. The fourth-order valence-corrected chi connectivity index (χ4v) is 4.03. The number of carbonyl (C=O) groups is 1. The van der Waals surface area contributed by atoms with Crippen molar-refractivity contribution in [1.82, 2.24) is 15.6 Å². The summed E-state index contributed by atoms with van der Waals surface area (Å²) in [6.07, 6.45) is 3.80. The average molecular weight is 411 g/mol. The van der Waals surface area contributed by atoms with Gasteiger partial charge >= 0.3 is 0 Å². The molecule has 7 nitrogen and oxygen atoms in total. The van der Waals surface area contributed by atoms with Gasteiger partial charge in [0.15, 0.2) is 0 Å². The maximum atomic E-state index is 12.4. The molecular weight excluding hydrogens is 380 g/mol. The van der Waals surface area contributed by atoms with E-state index in [0.29, 0.717) is 11.5 Å². The number of hydrogen-bond acceptors (Lipinski definition) is 6. The molecule has 2 aromatic rings. The zero-order valence-electron chi connectivity index (χ0n) is 17.1. The van der Waals surface area contributed by atoms with Crippen LogP contribution in [0.25, 0.3) is 0 Å². The van der Waals surface area contributed by atoms with Gasteiger partial charge in [-0.25, -0.2) is 4.98 Å². The Hall–Kier alpha value is -2.48. The highest BCUT2D eigenvalue weighted by Gasteiger charge is 2.24. The van der Waals surface area contributed by atoms with Crippen LogP contribution in [0.5, 0.6) is 0 Å². The van der Waals surface area contributed by atoms with Crippen LogP contribution in [0.4, 0.5) is 5.82 Å². The number of carbonyl (C=O) groups excluding carboxylic acids is 1. The number of fused-ring (bicyclic) bond motifs is 1. The van der Waals surface area contributed by atoms with Gasteiger partial charge in [0.05, 0.1) is 11.7 Å². The molecule has 160 valence electrons. The summed E-state index contributed by atoms with van der Waals surface area (Å²) in [6, 6.07) is 11.7. The van der Waals surface area contributed by atoms with Gasteiger partial charge in [0, 0.05) is 45.1 Å². The molecule has 3 heterocycles. The van der Waals surface area contributed by atoms with Crippen molar-refractivity contribution in [2.45, 2.75) is 38.0 Å². The lowest BCUT2D eigenvalue weighted by atomic mass is 9.93. The zero-order chi connectivity index (χ0) is 20.8. The minimum atomic E-state index is -0.657. The lowest BCUT2D eigenvalue weighted by Gasteiger charge is -2.30. The highest BCUT2D eigenvalue weighted by Crippen LogP contribution is 2.18. The van der Waals surface area contributed by atoms with E-state index in [1.54, 1.807) is 12.3 Å². The normalized spacial score (nSPS) is 20.2. The summed E-state index contributed by atoms with van der Waals surface area (Å²) in [5, 5.41) is 20.0. The summed E-state index contributed by atoms with van der Waals surface area (Å²) < 4.78 is 5.38. The fourth-order valence-electron chi connectivity index (χ4n) is 4.03. The first-order valence-electron chi connectivity index (χ1n) is 10.7. The molecule has 0 saturated carbocycles. The molecule has 2 atom stereocenters. The van der Waals surface area contributed by atoms with Crippen LogP contribution in [-0.2, 0) is 17.7 Å². The number of rotatable bonds is 7. The molecule has 1 aromatic heterocycles. The second-order valence-electron chi connectivity index (χ2n) is 8.11. The van der Waals surface area contributed by atoms with Crippen molar-refractivity contribution in [1.29, 1.82) is 0 Å². The molecule has 0 bridgehead atoms. The fraction of sp³-hybridized carbons (Fsp3) is 0.478. The number of hydrogen-bond donors (Lipinski definition) is 4. The van der Waals surface area contributed by atoms with Gasteiger partial charge in [-0.1, -0.05) is 24.3 Å². The molecule has 1 fully saturated rings. The largest absolute Gasteiger partial charge is 0.390 e. The smallest absolute Gasteiger partial charge is 0.252 e. The highest BCUT2D eigenvalue weighted by molar-refractivity contribution is 5.94. The van der Waals surface area contributed by atoms with E-state index in [9.17, 15) is 9.90 Å². The summed E-state index contributed by atoms with van der Waals surface area (Å²) in [5.41, 5.74) is 3.00. The minimum absolute atomic E-state index is 0.0740. The minimum Gasteiger partial charge on any atom is -0.390 e. The lowest BCUT2D eigenvalue weighted by Crippen LogP contribution is -2.49. The summed E-state index contributed by atoms with van der Waals surface area (Å²) in [6.45, 7) is 3.45. The van der Waals surface area contributed by atoms with Gasteiger partial charge in [-0.15, -0.1) is 0 Å². The van der Waals surface area contributed by atoms with Crippen LogP contribution in [0.2, 0.25) is 0 Å². The molecule has 0 aliphatic carbocycles. The van der Waals surface area contributed by atoms with Crippen molar-refractivity contribution in [2.75, 3.05) is 31.6 Å². The number of ether oxygens (including phenoxy) is 1. The Labute approximate surface area is 177 Å². The average Bonchev–Trinajstić information content (AvgIpc) is 2.81. The first-order valence-corrected chi connectivity index (χ1v) is 10.7. The van der Waals surface area contributed by atoms with Crippen LogP contribution in [0.3, 0.4) is 0 Å². The van der Waals surface area contributed by atoms with Crippen LogP contribution in [0, 0.1) is 5.92 Å². The topological polar surface area (TPSA) is 95.5 Å². The van der Waals surface area contributed by atoms with Crippen LogP contribution >= 0.6 is 0 Å². The van der Waals surface area contributed by atoms with Crippen LogP contribution < -0.4 is 16.0 Å². The standard InChI is InChI=1S/C23H30N4O3/c28-21(20-11-17-3-1-2-4-18(17)13-24-20)15-27-23(29)19-5-6-22(26-14-19)25-12-16-7-9-30-10-8-16/h1-6,14,16,20-21,24,28H,7-13,15H2,(H,25,26)(H,27,29)/t20-,21+/m0/s1. The Bertz CT molecular complexity index is 837. The third-order valence-corrected chi connectivity index (χ3v) is 5.99. The number of nitrogens with zero attached hydrogens (tertiary/aromatic N) is 1. The first kappa shape index (κ1) is 20.8. The predicted octanol–water partition coefficient (Wildman–Crippen LogP) is 1.73. The van der Waals surface area contributed by atoms with Crippen molar-refractivity contribution in [3.05, 3.63) is 59.3 Å². The van der Waals surface area contributed by atoms with Crippen LogP contribution in [-0.4, -0.2) is 54.4 Å². The second-order valence-corrected chi connectivity index (χ2v) is 8.11. The molecule has 0 spiro atoms. The van der Waals surface area contributed by atoms with Crippen LogP contribution in [0.15, 0.2) is 42.6 Å². The van der Waals surface area contributed by atoms with Crippen LogP contribution in [0.1, 0.15) is 34.3 Å². The number of aromatic nitrogens is 1. The molecule has 0 unspecified atom stereocenters. The van der Waals surface area contributed by atoms with Gasteiger partial charge in [-0.2, -0.15) is 0 Å². The van der Waals surface area contributed by atoms with E-state index in [2.05, 4.69) is 33.1 Å². The zero-order valence-corrected chi connectivity index (χ0v) is 17.1. The Morgan fingerprint density at radius 1 is 1.20 bits per heavy atom. The molecule has 2 aliphatic heterocycles. The third-order valence-electron chi connectivity index (χ3n) is 5.99. The monoisotopic (exact) mass is 410 g/mol. The third kappa shape index (κ3) is 5.36.